The second-order valence-electron chi connectivity index (χ2n) is 4.53. The van der Waals surface area contributed by atoms with E-state index in [4.69, 9.17) is 11.6 Å². The molecule has 1 aromatic carbocycles. The van der Waals surface area contributed by atoms with Gasteiger partial charge in [0.15, 0.2) is 0 Å². The average molecular weight is 236 g/mol. The van der Waals surface area contributed by atoms with Crippen molar-refractivity contribution < 1.29 is 0 Å². The molecular weight excluding hydrogens is 218 g/mol. The zero-order valence-electron chi connectivity index (χ0n) is 9.67. The molecule has 0 aromatic heterocycles. The molecule has 0 bridgehead atoms. The summed E-state index contributed by atoms with van der Waals surface area (Å²) in [5, 5.41) is 4.47. The van der Waals surface area contributed by atoms with Crippen LogP contribution in [0.3, 0.4) is 0 Å². The Morgan fingerprint density at radius 3 is 3.19 bits per heavy atom. The Bertz CT molecular complexity index is 386. The molecule has 2 heteroatoms. The summed E-state index contributed by atoms with van der Waals surface area (Å²) in [7, 11) is 0. The van der Waals surface area contributed by atoms with Gasteiger partial charge >= 0.3 is 0 Å². The van der Waals surface area contributed by atoms with Crippen LogP contribution in [0.4, 0.5) is 0 Å². The lowest BCUT2D eigenvalue weighted by Crippen LogP contribution is -2.28. The minimum atomic E-state index is 0.462. The molecule has 2 atom stereocenters. The molecule has 0 saturated carbocycles. The molecule has 86 valence electrons. The van der Waals surface area contributed by atoms with E-state index in [-0.39, 0.29) is 0 Å². The summed E-state index contributed by atoms with van der Waals surface area (Å²) in [4.78, 5) is 0. The van der Waals surface area contributed by atoms with Crippen molar-refractivity contribution in [3.05, 3.63) is 47.0 Å². The largest absolute Gasteiger partial charge is 0.307 e. The number of aryl methyl sites for hydroxylation is 1. The van der Waals surface area contributed by atoms with Gasteiger partial charge in [-0.05, 0) is 49.4 Å². The van der Waals surface area contributed by atoms with E-state index < -0.39 is 0 Å². The minimum Gasteiger partial charge on any atom is -0.307 e. The van der Waals surface area contributed by atoms with Crippen LogP contribution in [0.25, 0.3) is 0 Å². The number of fused-ring (bicyclic) bond motifs is 1. The molecule has 0 fully saturated rings. The molecule has 1 aromatic rings. The topological polar surface area (TPSA) is 12.0 Å². The summed E-state index contributed by atoms with van der Waals surface area (Å²) in [6, 6.07) is 7.17. The van der Waals surface area contributed by atoms with E-state index in [0.29, 0.717) is 12.1 Å². The van der Waals surface area contributed by atoms with E-state index in [0.717, 1.165) is 17.9 Å². The van der Waals surface area contributed by atoms with Gasteiger partial charge in [-0.1, -0.05) is 23.7 Å². The predicted molar refractivity (Wildman–Crippen MR) is 69.9 cm³/mol. The first kappa shape index (κ1) is 11.7. The highest BCUT2D eigenvalue weighted by Gasteiger charge is 2.23. The molecule has 16 heavy (non-hydrogen) atoms. The van der Waals surface area contributed by atoms with Gasteiger partial charge in [0.25, 0.3) is 0 Å². The van der Waals surface area contributed by atoms with Gasteiger partial charge in [0.2, 0.25) is 0 Å². The Morgan fingerprint density at radius 2 is 2.44 bits per heavy atom. The van der Waals surface area contributed by atoms with E-state index in [1.54, 1.807) is 0 Å². The average Bonchev–Trinajstić information content (AvgIpc) is 2.61. The van der Waals surface area contributed by atoms with Crippen LogP contribution in [-0.4, -0.2) is 6.04 Å². The van der Waals surface area contributed by atoms with Crippen LogP contribution in [0, 0.1) is 0 Å². The first-order chi connectivity index (χ1) is 7.70. The highest BCUT2D eigenvalue weighted by Crippen LogP contribution is 2.33. The third-order valence-corrected chi connectivity index (χ3v) is 3.43. The standard InChI is InChI=1S/C14H18ClN/c1-3-4-10(2)16-14-8-6-11-5-7-12(15)9-13(11)14/h3,5,7,9-10,14,16H,1,4,6,8H2,2H3. The maximum absolute atomic E-state index is 6.04. The van der Waals surface area contributed by atoms with Crippen molar-refractivity contribution in [2.45, 2.75) is 38.3 Å². The molecule has 1 nitrogen and oxygen atoms in total. The van der Waals surface area contributed by atoms with E-state index in [1.165, 1.54) is 17.5 Å². The maximum atomic E-state index is 6.04. The minimum absolute atomic E-state index is 0.462. The Hall–Kier alpha value is -0.790. The van der Waals surface area contributed by atoms with Gasteiger partial charge in [0.05, 0.1) is 0 Å². The van der Waals surface area contributed by atoms with E-state index >= 15 is 0 Å². The number of rotatable bonds is 4. The maximum Gasteiger partial charge on any atom is 0.0409 e. The van der Waals surface area contributed by atoms with Crippen LogP contribution in [0.2, 0.25) is 5.02 Å². The van der Waals surface area contributed by atoms with Gasteiger partial charge < -0.3 is 5.32 Å². The Morgan fingerprint density at radius 1 is 1.62 bits per heavy atom. The fraction of sp³-hybridized carbons (Fsp3) is 0.429. The lowest BCUT2D eigenvalue weighted by molar-refractivity contribution is 0.456. The van der Waals surface area contributed by atoms with Crippen LogP contribution in [0.5, 0.6) is 0 Å². The molecule has 2 rings (SSSR count). The Kier molecular flexibility index (Phi) is 3.67. The summed E-state index contributed by atoms with van der Waals surface area (Å²) in [6.45, 7) is 5.97. The van der Waals surface area contributed by atoms with Crippen molar-refractivity contribution in [2.75, 3.05) is 0 Å². The number of hydrogen-bond donors (Lipinski definition) is 1. The summed E-state index contributed by atoms with van der Waals surface area (Å²) in [6.07, 6.45) is 5.31. The summed E-state index contributed by atoms with van der Waals surface area (Å²) in [5.74, 6) is 0. The smallest absolute Gasteiger partial charge is 0.0409 e. The van der Waals surface area contributed by atoms with Crippen LogP contribution >= 0.6 is 11.6 Å². The number of halogens is 1. The first-order valence-electron chi connectivity index (χ1n) is 5.86. The Labute approximate surface area is 103 Å². The molecule has 0 spiro atoms. The van der Waals surface area contributed by atoms with Crippen molar-refractivity contribution in [3.63, 3.8) is 0 Å². The second-order valence-corrected chi connectivity index (χ2v) is 4.96. The van der Waals surface area contributed by atoms with Gasteiger partial charge in [-0.15, -0.1) is 6.58 Å². The van der Waals surface area contributed by atoms with Crippen LogP contribution in [-0.2, 0) is 6.42 Å². The van der Waals surface area contributed by atoms with Gasteiger partial charge in [-0.2, -0.15) is 0 Å². The lowest BCUT2D eigenvalue weighted by Gasteiger charge is -2.19. The van der Waals surface area contributed by atoms with E-state index in [1.807, 2.05) is 12.1 Å². The van der Waals surface area contributed by atoms with E-state index in [9.17, 15) is 0 Å². The Balaban J connectivity index is 2.10. The summed E-state index contributed by atoms with van der Waals surface area (Å²) in [5.41, 5.74) is 2.82. The predicted octanol–water partition coefficient (Wildman–Crippen LogP) is 3.88. The molecule has 2 unspecified atom stereocenters. The van der Waals surface area contributed by atoms with Gasteiger partial charge in [-0.3, -0.25) is 0 Å². The van der Waals surface area contributed by atoms with Gasteiger partial charge in [-0.25, -0.2) is 0 Å². The van der Waals surface area contributed by atoms with Crippen molar-refractivity contribution in [1.82, 2.24) is 5.32 Å². The highest BCUT2D eigenvalue weighted by molar-refractivity contribution is 6.30. The third kappa shape index (κ3) is 2.47. The zero-order valence-corrected chi connectivity index (χ0v) is 10.4. The van der Waals surface area contributed by atoms with Gasteiger partial charge in [0, 0.05) is 17.1 Å². The molecule has 0 heterocycles. The fourth-order valence-corrected chi connectivity index (χ4v) is 2.59. The molecule has 1 aliphatic rings. The summed E-state index contributed by atoms with van der Waals surface area (Å²) >= 11 is 6.04. The van der Waals surface area contributed by atoms with Crippen molar-refractivity contribution in [1.29, 1.82) is 0 Å². The van der Waals surface area contributed by atoms with Crippen molar-refractivity contribution in [3.8, 4) is 0 Å². The van der Waals surface area contributed by atoms with E-state index in [2.05, 4.69) is 31.0 Å². The van der Waals surface area contributed by atoms with Gasteiger partial charge in [0.1, 0.15) is 0 Å². The number of hydrogen-bond acceptors (Lipinski definition) is 1. The van der Waals surface area contributed by atoms with Crippen LogP contribution in [0.15, 0.2) is 30.9 Å². The van der Waals surface area contributed by atoms with Crippen molar-refractivity contribution in [2.24, 2.45) is 0 Å². The monoisotopic (exact) mass is 235 g/mol. The molecular formula is C14H18ClN. The molecule has 1 N–H and O–H groups in total. The second kappa shape index (κ2) is 5.03. The molecule has 0 radical (unpaired) electrons. The third-order valence-electron chi connectivity index (χ3n) is 3.19. The molecule has 0 aliphatic heterocycles. The quantitative estimate of drug-likeness (QED) is 0.781. The normalized spacial score (nSPS) is 20.5. The first-order valence-corrected chi connectivity index (χ1v) is 6.23. The fourth-order valence-electron chi connectivity index (χ4n) is 2.41. The number of nitrogens with one attached hydrogen (secondary N) is 1. The summed E-state index contributed by atoms with van der Waals surface area (Å²) < 4.78 is 0. The van der Waals surface area contributed by atoms with Crippen LogP contribution in [0.1, 0.15) is 36.9 Å². The highest BCUT2D eigenvalue weighted by atomic mass is 35.5. The molecule has 0 saturated heterocycles. The molecule has 0 amide bonds. The number of benzene rings is 1. The van der Waals surface area contributed by atoms with Crippen LogP contribution < -0.4 is 5.32 Å². The van der Waals surface area contributed by atoms with Crippen molar-refractivity contribution >= 4 is 11.6 Å². The molecule has 1 aliphatic carbocycles. The lowest BCUT2D eigenvalue weighted by atomic mass is 10.1. The zero-order chi connectivity index (χ0) is 11.5. The SMILES string of the molecule is C=CCC(C)NC1CCc2ccc(Cl)cc21.